The number of rotatable bonds is 2. The van der Waals surface area contributed by atoms with Crippen LogP contribution < -0.4 is 10.2 Å². The second-order valence-corrected chi connectivity index (χ2v) is 6.49. The van der Waals surface area contributed by atoms with Crippen molar-refractivity contribution in [2.75, 3.05) is 29.6 Å². The Balaban J connectivity index is 1.81. The number of thioether (sulfide) groups is 1. The minimum Gasteiger partial charge on any atom is -0.373 e. The van der Waals surface area contributed by atoms with Gasteiger partial charge in [0, 0.05) is 40.5 Å². The maximum absolute atomic E-state index is 12.3. The molecule has 3 nitrogen and oxygen atoms in total. The minimum absolute atomic E-state index is 0.107. The summed E-state index contributed by atoms with van der Waals surface area (Å²) in [4.78, 5) is 15.7. The van der Waals surface area contributed by atoms with Crippen LogP contribution in [0.5, 0.6) is 0 Å². The highest BCUT2D eigenvalue weighted by atomic mass is 35.5. The Morgan fingerprint density at radius 2 is 2.00 bits per heavy atom. The minimum atomic E-state index is -0.107. The SMILES string of the molecule is CN1CCSc2ccc(C(=O)Nc3ccc(Cl)cc3)cc21. The molecule has 5 heteroatoms. The van der Waals surface area contributed by atoms with E-state index in [0.717, 1.165) is 23.7 Å². The lowest BCUT2D eigenvalue weighted by molar-refractivity contribution is 0.102. The number of hydrogen-bond donors (Lipinski definition) is 1. The monoisotopic (exact) mass is 318 g/mol. The van der Waals surface area contributed by atoms with Gasteiger partial charge in [-0.1, -0.05) is 11.6 Å². The average molecular weight is 319 g/mol. The van der Waals surface area contributed by atoms with Crippen LogP contribution in [0.4, 0.5) is 11.4 Å². The summed E-state index contributed by atoms with van der Waals surface area (Å²) >= 11 is 7.67. The third kappa shape index (κ3) is 3.17. The van der Waals surface area contributed by atoms with Gasteiger partial charge in [0.1, 0.15) is 0 Å². The van der Waals surface area contributed by atoms with Gasteiger partial charge in [0.05, 0.1) is 5.69 Å². The molecule has 1 aliphatic rings. The standard InChI is InChI=1S/C16H15ClN2OS/c1-19-8-9-21-15-7-2-11(10-14(15)19)16(20)18-13-5-3-12(17)4-6-13/h2-7,10H,8-9H2,1H3,(H,18,20). The van der Waals surface area contributed by atoms with E-state index in [9.17, 15) is 4.79 Å². The van der Waals surface area contributed by atoms with Gasteiger partial charge in [-0.25, -0.2) is 0 Å². The molecule has 0 saturated heterocycles. The molecule has 3 rings (SSSR count). The van der Waals surface area contributed by atoms with Crippen LogP contribution in [0.2, 0.25) is 5.02 Å². The van der Waals surface area contributed by atoms with Gasteiger partial charge in [-0.05, 0) is 42.5 Å². The molecule has 21 heavy (non-hydrogen) atoms. The number of nitrogens with zero attached hydrogens (tertiary/aromatic N) is 1. The smallest absolute Gasteiger partial charge is 0.255 e. The maximum Gasteiger partial charge on any atom is 0.255 e. The van der Waals surface area contributed by atoms with E-state index in [4.69, 9.17) is 11.6 Å². The zero-order valence-electron chi connectivity index (χ0n) is 11.6. The summed E-state index contributed by atoms with van der Waals surface area (Å²) in [6.45, 7) is 1.000. The van der Waals surface area contributed by atoms with E-state index in [1.54, 1.807) is 24.3 Å². The summed E-state index contributed by atoms with van der Waals surface area (Å²) < 4.78 is 0. The molecule has 2 aromatic carbocycles. The van der Waals surface area contributed by atoms with E-state index in [0.29, 0.717) is 10.6 Å². The Morgan fingerprint density at radius 1 is 1.24 bits per heavy atom. The second kappa shape index (κ2) is 6.00. The third-order valence-electron chi connectivity index (χ3n) is 3.42. The largest absolute Gasteiger partial charge is 0.373 e. The van der Waals surface area contributed by atoms with Crippen LogP contribution in [-0.4, -0.2) is 25.3 Å². The normalized spacial score (nSPS) is 13.7. The van der Waals surface area contributed by atoms with Crippen molar-refractivity contribution in [3.63, 3.8) is 0 Å². The van der Waals surface area contributed by atoms with Crippen LogP contribution in [-0.2, 0) is 0 Å². The van der Waals surface area contributed by atoms with Gasteiger partial charge < -0.3 is 10.2 Å². The van der Waals surface area contributed by atoms with Crippen molar-refractivity contribution in [1.82, 2.24) is 0 Å². The molecule has 0 fully saturated rings. The maximum atomic E-state index is 12.3. The molecule has 0 spiro atoms. The summed E-state index contributed by atoms with van der Waals surface area (Å²) in [7, 11) is 2.05. The van der Waals surface area contributed by atoms with Gasteiger partial charge >= 0.3 is 0 Å². The first-order chi connectivity index (χ1) is 10.1. The first-order valence-electron chi connectivity index (χ1n) is 6.68. The number of benzene rings is 2. The van der Waals surface area contributed by atoms with Crippen molar-refractivity contribution >= 4 is 40.6 Å². The van der Waals surface area contributed by atoms with Crippen molar-refractivity contribution in [3.8, 4) is 0 Å². The first kappa shape index (κ1) is 14.3. The van der Waals surface area contributed by atoms with Crippen molar-refractivity contribution in [2.45, 2.75) is 4.90 Å². The fourth-order valence-corrected chi connectivity index (χ4v) is 3.47. The van der Waals surface area contributed by atoms with Crippen LogP contribution in [0.1, 0.15) is 10.4 Å². The van der Waals surface area contributed by atoms with Crippen LogP contribution in [0.25, 0.3) is 0 Å². The van der Waals surface area contributed by atoms with Crippen LogP contribution >= 0.6 is 23.4 Å². The Labute approximate surface area is 133 Å². The van der Waals surface area contributed by atoms with Gasteiger partial charge in [-0.15, -0.1) is 11.8 Å². The lowest BCUT2D eigenvalue weighted by Gasteiger charge is -2.27. The van der Waals surface area contributed by atoms with Gasteiger partial charge in [0.15, 0.2) is 0 Å². The molecular formula is C16H15ClN2OS. The quantitative estimate of drug-likeness (QED) is 0.903. The molecule has 0 atom stereocenters. The lowest BCUT2D eigenvalue weighted by atomic mass is 10.1. The molecule has 0 unspecified atom stereocenters. The molecule has 0 bridgehead atoms. The second-order valence-electron chi connectivity index (χ2n) is 4.91. The summed E-state index contributed by atoms with van der Waals surface area (Å²) in [6, 6.07) is 12.9. The number of hydrogen-bond acceptors (Lipinski definition) is 3. The number of nitrogens with one attached hydrogen (secondary N) is 1. The average Bonchev–Trinajstić information content (AvgIpc) is 2.50. The van der Waals surface area contributed by atoms with Gasteiger partial charge in [0.2, 0.25) is 0 Å². The summed E-state index contributed by atoms with van der Waals surface area (Å²) in [5.41, 5.74) is 2.53. The Morgan fingerprint density at radius 3 is 2.76 bits per heavy atom. The molecule has 1 aliphatic heterocycles. The van der Waals surface area contributed by atoms with Crippen molar-refractivity contribution < 1.29 is 4.79 Å². The summed E-state index contributed by atoms with van der Waals surface area (Å²) in [6.07, 6.45) is 0. The number of fused-ring (bicyclic) bond motifs is 1. The zero-order valence-corrected chi connectivity index (χ0v) is 13.2. The van der Waals surface area contributed by atoms with Crippen molar-refractivity contribution in [2.24, 2.45) is 0 Å². The van der Waals surface area contributed by atoms with E-state index in [2.05, 4.69) is 17.3 Å². The van der Waals surface area contributed by atoms with Gasteiger partial charge in [-0.2, -0.15) is 0 Å². The number of halogens is 1. The number of anilines is 2. The summed E-state index contributed by atoms with van der Waals surface area (Å²) in [5.74, 6) is 0.976. The highest BCUT2D eigenvalue weighted by Crippen LogP contribution is 2.34. The van der Waals surface area contributed by atoms with E-state index in [1.807, 2.05) is 30.0 Å². The molecule has 1 N–H and O–H groups in total. The van der Waals surface area contributed by atoms with Crippen LogP contribution in [0.15, 0.2) is 47.4 Å². The molecule has 1 amide bonds. The highest BCUT2D eigenvalue weighted by Gasteiger charge is 2.16. The van der Waals surface area contributed by atoms with Gasteiger partial charge in [0.25, 0.3) is 5.91 Å². The molecular weight excluding hydrogens is 304 g/mol. The summed E-state index contributed by atoms with van der Waals surface area (Å²) in [5, 5.41) is 3.54. The molecule has 0 saturated carbocycles. The molecule has 0 radical (unpaired) electrons. The Hall–Kier alpha value is -1.65. The van der Waals surface area contributed by atoms with Crippen LogP contribution in [0, 0.1) is 0 Å². The molecule has 108 valence electrons. The van der Waals surface area contributed by atoms with Crippen molar-refractivity contribution in [1.29, 1.82) is 0 Å². The molecule has 0 aliphatic carbocycles. The van der Waals surface area contributed by atoms with Gasteiger partial charge in [-0.3, -0.25) is 4.79 Å². The highest BCUT2D eigenvalue weighted by molar-refractivity contribution is 7.99. The predicted octanol–water partition coefficient (Wildman–Crippen LogP) is 4.13. The fourth-order valence-electron chi connectivity index (χ4n) is 2.23. The fraction of sp³-hybridized carbons (Fsp3) is 0.188. The number of amides is 1. The lowest BCUT2D eigenvalue weighted by Crippen LogP contribution is -2.24. The van der Waals surface area contributed by atoms with E-state index in [-0.39, 0.29) is 5.91 Å². The van der Waals surface area contributed by atoms with E-state index >= 15 is 0 Å². The van der Waals surface area contributed by atoms with Crippen molar-refractivity contribution in [3.05, 3.63) is 53.1 Å². The third-order valence-corrected chi connectivity index (χ3v) is 4.71. The molecule has 0 aromatic heterocycles. The first-order valence-corrected chi connectivity index (χ1v) is 8.05. The van der Waals surface area contributed by atoms with Crippen LogP contribution in [0.3, 0.4) is 0 Å². The molecule has 2 aromatic rings. The topological polar surface area (TPSA) is 32.3 Å². The Kier molecular flexibility index (Phi) is 4.08. The van der Waals surface area contributed by atoms with E-state index < -0.39 is 0 Å². The zero-order chi connectivity index (χ0) is 14.8. The van der Waals surface area contributed by atoms with E-state index in [1.165, 1.54) is 4.90 Å². The Bertz CT molecular complexity index is 672. The number of carbonyl (C=O) groups excluding carboxylic acids is 1. The number of carbonyl (C=O) groups is 1. The predicted molar refractivity (Wildman–Crippen MR) is 89.8 cm³/mol. The molecule has 1 heterocycles.